The van der Waals surface area contributed by atoms with Crippen molar-refractivity contribution in [2.75, 3.05) is 0 Å². The van der Waals surface area contributed by atoms with E-state index in [4.69, 9.17) is 0 Å². The molecule has 22 heavy (non-hydrogen) atoms. The van der Waals surface area contributed by atoms with Crippen LogP contribution in [0.5, 0.6) is 0 Å². The molecule has 0 aliphatic rings. The molecule has 0 heterocycles. The first-order chi connectivity index (χ1) is 10.3. The molecule has 0 radical (unpaired) electrons. The van der Waals surface area contributed by atoms with E-state index in [9.17, 15) is 18.0 Å². The van der Waals surface area contributed by atoms with Crippen molar-refractivity contribution in [3.63, 3.8) is 0 Å². The molecule has 0 aliphatic heterocycles. The zero-order chi connectivity index (χ0) is 16.3. The zero-order valence-electron chi connectivity index (χ0n) is 11.8. The van der Waals surface area contributed by atoms with Gasteiger partial charge in [0.25, 0.3) is 0 Å². The highest BCUT2D eigenvalue weighted by Gasteiger charge is 2.34. The van der Waals surface area contributed by atoms with Gasteiger partial charge >= 0.3 is 6.18 Å². The topological polar surface area (TPSA) is 17.1 Å². The molecular formula is C17H14BrF3O. The Balaban J connectivity index is 2.41. The lowest BCUT2D eigenvalue weighted by molar-refractivity contribution is -0.138. The van der Waals surface area contributed by atoms with Crippen LogP contribution in [0.25, 0.3) is 0 Å². The van der Waals surface area contributed by atoms with Crippen LogP contribution in [0.15, 0.2) is 53.0 Å². The number of hydrogen-bond donors (Lipinski definition) is 0. The maximum absolute atomic E-state index is 13.0. The van der Waals surface area contributed by atoms with E-state index in [0.29, 0.717) is 6.42 Å². The second kappa shape index (κ2) is 6.65. The van der Waals surface area contributed by atoms with Crippen molar-refractivity contribution in [2.45, 2.75) is 25.4 Å². The van der Waals surface area contributed by atoms with Gasteiger partial charge in [-0.05, 0) is 24.1 Å². The monoisotopic (exact) mass is 370 g/mol. The van der Waals surface area contributed by atoms with Crippen molar-refractivity contribution in [3.05, 3.63) is 69.7 Å². The first-order valence-electron chi connectivity index (χ1n) is 6.80. The van der Waals surface area contributed by atoms with Crippen LogP contribution in [-0.2, 0) is 6.18 Å². The summed E-state index contributed by atoms with van der Waals surface area (Å²) in [5.41, 5.74) is 0.0546. The summed E-state index contributed by atoms with van der Waals surface area (Å²) in [4.78, 5) is 12.6. The molecule has 2 aromatic carbocycles. The van der Waals surface area contributed by atoms with E-state index in [-0.39, 0.29) is 15.8 Å². The Morgan fingerprint density at radius 1 is 1.14 bits per heavy atom. The molecule has 0 aromatic heterocycles. The van der Waals surface area contributed by atoms with Gasteiger partial charge in [0, 0.05) is 16.0 Å². The number of hydrogen-bond acceptors (Lipinski definition) is 1. The number of ketones is 1. The molecule has 116 valence electrons. The van der Waals surface area contributed by atoms with Gasteiger partial charge in [-0.15, -0.1) is 0 Å². The van der Waals surface area contributed by atoms with Crippen LogP contribution >= 0.6 is 15.9 Å². The summed E-state index contributed by atoms with van der Waals surface area (Å²) < 4.78 is 38.8. The molecule has 1 nitrogen and oxygen atoms in total. The van der Waals surface area contributed by atoms with Crippen molar-refractivity contribution in [1.82, 2.24) is 0 Å². The molecule has 2 aromatic rings. The highest BCUT2D eigenvalue weighted by Crippen LogP contribution is 2.36. The van der Waals surface area contributed by atoms with Crippen LogP contribution < -0.4 is 0 Å². The van der Waals surface area contributed by atoms with Crippen molar-refractivity contribution in [2.24, 2.45) is 0 Å². The molecule has 0 spiro atoms. The average molecular weight is 371 g/mol. The summed E-state index contributed by atoms with van der Waals surface area (Å²) in [5.74, 6) is -0.741. The van der Waals surface area contributed by atoms with Crippen LogP contribution in [0.4, 0.5) is 13.2 Å². The fraction of sp³-hybridized carbons (Fsp3) is 0.235. The van der Waals surface area contributed by atoms with E-state index >= 15 is 0 Å². The van der Waals surface area contributed by atoms with E-state index in [1.165, 1.54) is 12.1 Å². The molecule has 0 saturated carbocycles. The number of Topliss-reactive ketones (excluding diaryl/α,β-unsaturated/α-hetero) is 1. The van der Waals surface area contributed by atoms with Crippen LogP contribution in [0.3, 0.4) is 0 Å². The van der Waals surface area contributed by atoms with Crippen LogP contribution in [0.2, 0.25) is 0 Å². The lowest BCUT2D eigenvalue weighted by atomic mass is 9.88. The Labute approximate surface area is 135 Å². The summed E-state index contributed by atoms with van der Waals surface area (Å²) in [7, 11) is 0. The summed E-state index contributed by atoms with van der Waals surface area (Å²) in [5, 5.41) is 0. The number of alkyl halides is 3. The molecule has 2 rings (SSSR count). The maximum Gasteiger partial charge on any atom is 0.417 e. The molecule has 1 atom stereocenters. The van der Waals surface area contributed by atoms with Gasteiger partial charge in [0.15, 0.2) is 5.78 Å². The van der Waals surface area contributed by atoms with Gasteiger partial charge in [0.05, 0.1) is 5.56 Å². The molecule has 0 saturated heterocycles. The molecule has 0 aliphatic carbocycles. The van der Waals surface area contributed by atoms with Crippen molar-refractivity contribution < 1.29 is 18.0 Å². The molecule has 5 heteroatoms. The lowest BCUT2D eigenvalue weighted by Gasteiger charge is -2.16. The first kappa shape index (κ1) is 16.7. The Kier molecular flexibility index (Phi) is 5.06. The van der Waals surface area contributed by atoms with Crippen molar-refractivity contribution in [1.29, 1.82) is 0 Å². The van der Waals surface area contributed by atoms with Crippen LogP contribution in [0, 0.1) is 0 Å². The molecule has 0 amide bonds. The van der Waals surface area contributed by atoms with Gasteiger partial charge in [0.1, 0.15) is 0 Å². The number of benzene rings is 2. The van der Waals surface area contributed by atoms with E-state index in [1.807, 2.05) is 37.3 Å². The van der Waals surface area contributed by atoms with Crippen molar-refractivity contribution in [3.8, 4) is 0 Å². The molecule has 1 unspecified atom stereocenters. The highest BCUT2D eigenvalue weighted by molar-refractivity contribution is 9.10. The minimum atomic E-state index is -4.50. The van der Waals surface area contributed by atoms with Crippen LogP contribution in [0.1, 0.15) is 40.7 Å². The van der Waals surface area contributed by atoms with E-state index in [1.54, 1.807) is 0 Å². The second-order valence-electron chi connectivity index (χ2n) is 4.93. The van der Waals surface area contributed by atoms with Gasteiger partial charge < -0.3 is 0 Å². The zero-order valence-corrected chi connectivity index (χ0v) is 13.4. The largest absolute Gasteiger partial charge is 0.417 e. The van der Waals surface area contributed by atoms with Gasteiger partial charge in [-0.1, -0.05) is 59.3 Å². The number of carbonyl (C=O) groups excluding carboxylic acids is 1. The summed E-state index contributed by atoms with van der Waals surface area (Å²) in [6.45, 7) is 1.85. The smallest absolute Gasteiger partial charge is 0.293 e. The number of carbonyl (C=O) groups is 1. The van der Waals surface area contributed by atoms with E-state index in [2.05, 4.69) is 15.9 Å². The van der Waals surface area contributed by atoms with Gasteiger partial charge in [0.2, 0.25) is 0 Å². The van der Waals surface area contributed by atoms with Gasteiger partial charge in [-0.2, -0.15) is 13.2 Å². The summed E-state index contributed by atoms with van der Waals surface area (Å²) in [6.07, 6.45) is -3.97. The third-order valence-corrected chi connectivity index (χ3v) is 4.17. The maximum atomic E-state index is 13.0. The fourth-order valence-corrected chi connectivity index (χ4v) is 2.83. The highest BCUT2D eigenvalue weighted by atomic mass is 79.9. The van der Waals surface area contributed by atoms with Gasteiger partial charge in [-0.3, -0.25) is 4.79 Å². The summed E-state index contributed by atoms with van der Waals surface area (Å²) in [6, 6.07) is 12.7. The lowest BCUT2D eigenvalue weighted by Crippen LogP contribution is -2.14. The normalized spacial score (nSPS) is 13.0. The second-order valence-corrected chi connectivity index (χ2v) is 5.78. The minimum absolute atomic E-state index is 0.0655. The standard InChI is InChI=1S/C17H14BrF3O/c1-2-13(11-6-4-3-5-7-11)16(22)12-8-9-15(18)14(10-12)17(19,20)21/h3-10,13H,2H2,1H3. The fourth-order valence-electron chi connectivity index (χ4n) is 2.35. The molecule has 0 N–H and O–H groups in total. The predicted octanol–water partition coefficient (Wildman–Crippen LogP) is 5.84. The van der Waals surface area contributed by atoms with Gasteiger partial charge in [-0.25, -0.2) is 0 Å². The first-order valence-corrected chi connectivity index (χ1v) is 7.59. The summed E-state index contributed by atoms with van der Waals surface area (Å²) >= 11 is 2.88. The Bertz CT molecular complexity index is 665. The SMILES string of the molecule is CCC(C(=O)c1ccc(Br)c(C(F)(F)F)c1)c1ccccc1. The van der Waals surface area contributed by atoms with E-state index < -0.39 is 17.7 Å². The Morgan fingerprint density at radius 3 is 2.32 bits per heavy atom. The number of halogens is 4. The molecule has 0 bridgehead atoms. The quantitative estimate of drug-likeness (QED) is 0.617. The average Bonchev–Trinajstić information content (AvgIpc) is 2.48. The van der Waals surface area contributed by atoms with E-state index in [0.717, 1.165) is 11.6 Å². The van der Waals surface area contributed by atoms with Crippen molar-refractivity contribution >= 4 is 21.7 Å². The Hall–Kier alpha value is -1.62. The predicted molar refractivity (Wildman–Crippen MR) is 82.9 cm³/mol. The molecule has 0 fully saturated rings. The third-order valence-electron chi connectivity index (χ3n) is 3.48. The minimum Gasteiger partial charge on any atom is -0.293 e. The molecular weight excluding hydrogens is 357 g/mol. The Morgan fingerprint density at radius 2 is 1.77 bits per heavy atom. The number of rotatable bonds is 4. The third kappa shape index (κ3) is 3.58. The van der Waals surface area contributed by atoms with Crippen LogP contribution in [-0.4, -0.2) is 5.78 Å².